The third-order valence-corrected chi connectivity index (χ3v) is 4.92. The first-order chi connectivity index (χ1) is 13.1. The Morgan fingerprint density at radius 3 is 2.33 bits per heavy atom. The number of hydrogen-bond acceptors (Lipinski definition) is 3. The fraction of sp³-hybridized carbons (Fsp3) is 0.174. The molecule has 138 valence electrons. The molecule has 1 N–H and O–H groups in total. The Morgan fingerprint density at radius 2 is 1.59 bits per heavy atom. The van der Waals surface area contributed by atoms with E-state index in [9.17, 15) is 4.79 Å². The zero-order valence-electron chi connectivity index (χ0n) is 15.6. The SMILES string of the molecule is Cc1cc(C)cc(CSCC(=O)Nc2ccccc2Oc2ccccc2)c1. The number of benzene rings is 3. The predicted octanol–water partition coefficient (Wildman–Crippen LogP) is 5.97. The molecule has 1 amide bonds. The van der Waals surface area contributed by atoms with Gasteiger partial charge in [0.05, 0.1) is 11.4 Å². The maximum absolute atomic E-state index is 12.4. The highest BCUT2D eigenvalue weighted by Crippen LogP contribution is 2.29. The molecule has 3 rings (SSSR count). The molecule has 0 radical (unpaired) electrons. The molecule has 0 bridgehead atoms. The first kappa shape index (κ1) is 19.1. The molecule has 0 saturated heterocycles. The van der Waals surface area contributed by atoms with E-state index in [1.807, 2.05) is 54.6 Å². The van der Waals surface area contributed by atoms with Gasteiger partial charge in [-0.1, -0.05) is 59.7 Å². The lowest BCUT2D eigenvalue weighted by Gasteiger charge is -2.12. The molecule has 0 heterocycles. The second-order valence-electron chi connectivity index (χ2n) is 6.45. The largest absolute Gasteiger partial charge is 0.455 e. The fourth-order valence-corrected chi connectivity index (χ4v) is 3.64. The summed E-state index contributed by atoms with van der Waals surface area (Å²) in [5.41, 5.74) is 4.43. The number of carbonyl (C=O) groups is 1. The summed E-state index contributed by atoms with van der Waals surface area (Å²) >= 11 is 1.61. The number of rotatable bonds is 7. The van der Waals surface area contributed by atoms with E-state index < -0.39 is 0 Å². The van der Waals surface area contributed by atoms with E-state index in [1.54, 1.807) is 11.8 Å². The summed E-state index contributed by atoms with van der Waals surface area (Å²) in [7, 11) is 0. The summed E-state index contributed by atoms with van der Waals surface area (Å²) in [4.78, 5) is 12.4. The summed E-state index contributed by atoms with van der Waals surface area (Å²) in [6, 6.07) is 23.5. The zero-order valence-corrected chi connectivity index (χ0v) is 16.4. The van der Waals surface area contributed by atoms with E-state index >= 15 is 0 Å². The first-order valence-corrected chi connectivity index (χ1v) is 10.0. The summed E-state index contributed by atoms with van der Waals surface area (Å²) in [5, 5.41) is 2.96. The lowest BCUT2D eigenvalue weighted by Crippen LogP contribution is -2.14. The van der Waals surface area contributed by atoms with Crippen molar-refractivity contribution in [1.29, 1.82) is 0 Å². The maximum Gasteiger partial charge on any atom is 0.234 e. The number of anilines is 1. The van der Waals surface area contributed by atoms with Gasteiger partial charge in [-0.3, -0.25) is 4.79 Å². The van der Waals surface area contributed by atoms with Crippen LogP contribution in [0.3, 0.4) is 0 Å². The average Bonchev–Trinajstić information content (AvgIpc) is 2.63. The van der Waals surface area contributed by atoms with Gasteiger partial charge in [0.25, 0.3) is 0 Å². The van der Waals surface area contributed by atoms with Crippen molar-refractivity contribution in [1.82, 2.24) is 0 Å². The minimum Gasteiger partial charge on any atom is -0.455 e. The van der Waals surface area contributed by atoms with Gasteiger partial charge in [0.15, 0.2) is 5.75 Å². The van der Waals surface area contributed by atoms with E-state index in [1.165, 1.54) is 16.7 Å². The number of amides is 1. The van der Waals surface area contributed by atoms with Crippen molar-refractivity contribution in [2.75, 3.05) is 11.1 Å². The van der Waals surface area contributed by atoms with Crippen LogP contribution in [0, 0.1) is 13.8 Å². The van der Waals surface area contributed by atoms with Crippen LogP contribution in [0.4, 0.5) is 5.69 Å². The van der Waals surface area contributed by atoms with Gasteiger partial charge in [-0.15, -0.1) is 11.8 Å². The van der Waals surface area contributed by atoms with Crippen LogP contribution in [-0.4, -0.2) is 11.7 Å². The van der Waals surface area contributed by atoms with E-state index in [-0.39, 0.29) is 5.91 Å². The van der Waals surface area contributed by atoms with Crippen LogP contribution in [0.15, 0.2) is 72.8 Å². The lowest BCUT2D eigenvalue weighted by atomic mass is 10.1. The molecule has 4 heteroatoms. The summed E-state index contributed by atoms with van der Waals surface area (Å²) < 4.78 is 5.89. The van der Waals surface area contributed by atoms with Crippen LogP contribution in [0.1, 0.15) is 16.7 Å². The molecule has 0 saturated carbocycles. The van der Waals surface area contributed by atoms with Gasteiger partial charge < -0.3 is 10.1 Å². The zero-order chi connectivity index (χ0) is 19.1. The van der Waals surface area contributed by atoms with Gasteiger partial charge >= 0.3 is 0 Å². The first-order valence-electron chi connectivity index (χ1n) is 8.87. The Bertz CT molecular complexity index is 889. The number of hydrogen-bond donors (Lipinski definition) is 1. The predicted molar refractivity (Wildman–Crippen MR) is 114 cm³/mol. The molecule has 0 aromatic heterocycles. The van der Waals surface area contributed by atoms with Crippen molar-refractivity contribution in [3.63, 3.8) is 0 Å². The van der Waals surface area contributed by atoms with Gasteiger partial charge in [0.2, 0.25) is 5.91 Å². The smallest absolute Gasteiger partial charge is 0.234 e. The summed E-state index contributed by atoms with van der Waals surface area (Å²) in [5.74, 6) is 2.55. The van der Waals surface area contributed by atoms with Crippen LogP contribution in [-0.2, 0) is 10.5 Å². The molecule has 0 spiro atoms. The Balaban J connectivity index is 1.56. The molecule has 0 fully saturated rings. The Labute approximate surface area is 164 Å². The fourth-order valence-electron chi connectivity index (χ4n) is 2.87. The van der Waals surface area contributed by atoms with Crippen molar-refractivity contribution < 1.29 is 9.53 Å². The quantitative estimate of drug-likeness (QED) is 0.551. The average molecular weight is 378 g/mol. The van der Waals surface area contributed by atoms with E-state index in [0.29, 0.717) is 17.2 Å². The lowest BCUT2D eigenvalue weighted by molar-refractivity contribution is -0.113. The van der Waals surface area contributed by atoms with Crippen molar-refractivity contribution in [2.24, 2.45) is 0 Å². The second-order valence-corrected chi connectivity index (χ2v) is 7.43. The highest BCUT2D eigenvalue weighted by molar-refractivity contribution is 7.99. The molecule has 27 heavy (non-hydrogen) atoms. The van der Waals surface area contributed by atoms with Crippen LogP contribution in [0.5, 0.6) is 11.5 Å². The number of carbonyl (C=O) groups excluding carboxylic acids is 1. The van der Waals surface area contributed by atoms with E-state index in [0.717, 1.165) is 11.5 Å². The van der Waals surface area contributed by atoms with Gasteiger partial charge in [-0.05, 0) is 43.7 Å². The van der Waals surface area contributed by atoms with E-state index in [2.05, 4.69) is 37.4 Å². The Kier molecular flexibility index (Phi) is 6.55. The molecule has 3 aromatic rings. The topological polar surface area (TPSA) is 38.3 Å². The van der Waals surface area contributed by atoms with Crippen LogP contribution < -0.4 is 10.1 Å². The molecule has 0 atom stereocenters. The number of thioether (sulfide) groups is 1. The van der Waals surface area contributed by atoms with Crippen LogP contribution >= 0.6 is 11.8 Å². The molecule has 0 aliphatic carbocycles. The Hall–Kier alpha value is -2.72. The Morgan fingerprint density at radius 1 is 0.926 bits per heavy atom. The number of para-hydroxylation sites is 3. The summed E-state index contributed by atoms with van der Waals surface area (Å²) in [6.45, 7) is 4.19. The highest BCUT2D eigenvalue weighted by atomic mass is 32.2. The summed E-state index contributed by atoms with van der Waals surface area (Å²) in [6.07, 6.45) is 0. The van der Waals surface area contributed by atoms with Gasteiger partial charge in [0, 0.05) is 5.75 Å². The monoisotopic (exact) mass is 377 g/mol. The molecular formula is C23H23NO2S. The third kappa shape index (κ3) is 5.90. The number of nitrogens with one attached hydrogen (secondary N) is 1. The molecule has 0 aliphatic heterocycles. The standard InChI is InChI=1S/C23H23NO2S/c1-17-12-18(2)14-19(13-17)15-27-16-23(25)24-21-10-6-7-11-22(21)26-20-8-4-3-5-9-20/h3-14H,15-16H2,1-2H3,(H,24,25). The van der Waals surface area contributed by atoms with Gasteiger partial charge in [0.1, 0.15) is 5.75 Å². The van der Waals surface area contributed by atoms with Crippen LogP contribution in [0.25, 0.3) is 0 Å². The molecule has 0 unspecified atom stereocenters. The van der Waals surface area contributed by atoms with Crippen molar-refractivity contribution in [3.8, 4) is 11.5 Å². The minimum absolute atomic E-state index is 0.0338. The molecule has 0 aliphatic rings. The third-order valence-electron chi connectivity index (χ3n) is 3.92. The van der Waals surface area contributed by atoms with Crippen molar-refractivity contribution in [2.45, 2.75) is 19.6 Å². The molecular weight excluding hydrogens is 354 g/mol. The molecule has 3 aromatic carbocycles. The van der Waals surface area contributed by atoms with Gasteiger partial charge in [-0.25, -0.2) is 0 Å². The van der Waals surface area contributed by atoms with E-state index in [4.69, 9.17) is 4.74 Å². The van der Waals surface area contributed by atoms with Crippen molar-refractivity contribution >= 4 is 23.4 Å². The van der Waals surface area contributed by atoms with Crippen molar-refractivity contribution in [3.05, 3.63) is 89.5 Å². The second kappa shape index (κ2) is 9.28. The van der Waals surface area contributed by atoms with Crippen LogP contribution in [0.2, 0.25) is 0 Å². The molecule has 3 nitrogen and oxygen atoms in total. The number of ether oxygens (including phenoxy) is 1. The highest BCUT2D eigenvalue weighted by Gasteiger charge is 2.09. The maximum atomic E-state index is 12.4. The van der Waals surface area contributed by atoms with Gasteiger partial charge in [-0.2, -0.15) is 0 Å². The normalized spacial score (nSPS) is 10.4. The minimum atomic E-state index is -0.0338. The number of aryl methyl sites for hydroxylation is 2.